The highest BCUT2D eigenvalue weighted by Gasteiger charge is 2.13. The largest absolute Gasteiger partial charge is 0.373 e. The normalized spacial score (nSPS) is 31.0. The highest BCUT2D eigenvalue weighted by Crippen LogP contribution is 2.15. The second-order valence-corrected chi connectivity index (χ2v) is 2.91. The lowest BCUT2D eigenvalue weighted by molar-refractivity contribution is 0.423. The molecule has 0 amide bonds. The zero-order chi connectivity index (χ0) is 6.53. The fraction of sp³-hybridized carbons (Fsp3) is 1.00. The molecule has 0 aromatic rings. The standard InChI is InChI=1S/C5H10.C3H6O/c1-2-4-5-3-1;1-3-2-4-3/h1-5H2;3H,2H2,1H3. The minimum atomic E-state index is 0.583. The zero-order valence-electron chi connectivity index (χ0n) is 6.23. The molecule has 54 valence electrons. The van der Waals surface area contributed by atoms with E-state index in [1.807, 2.05) is 0 Å². The molecular weight excluding hydrogens is 112 g/mol. The van der Waals surface area contributed by atoms with Gasteiger partial charge in [0.25, 0.3) is 0 Å². The molecule has 0 aromatic carbocycles. The highest BCUT2D eigenvalue weighted by atomic mass is 16.6. The summed E-state index contributed by atoms with van der Waals surface area (Å²) in [6, 6.07) is 0. The van der Waals surface area contributed by atoms with Gasteiger partial charge in [-0.15, -0.1) is 0 Å². The molecule has 0 N–H and O–H groups in total. The Bertz CT molecular complexity index is 55.4. The first kappa shape index (κ1) is 7.07. The minimum Gasteiger partial charge on any atom is -0.373 e. The molecule has 0 aromatic heterocycles. The van der Waals surface area contributed by atoms with Gasteiger partial charge in [-0.3, -0.25) is 0 Å². The summed E-state index contributed by atoms with van der Waals surface area (Å²) in [7, 11) is 0. The molecule has 9 heavy (non-hydrogen) atoms. The van der Waals surface area contributed by atoms with E-state index in [0.29, 0.717) is 6.10 Å². The van der Waals surface area contributed by atoms with Crippen LogP contribution >= 0.6 is 0 Å². The average molecular weight is 128 g/mol. The van der Waals surface area contributed by atoms with Crippen LogP contribution in [0.25, 0.3) is 0 Å². The monoisotopic (exact) mass is 128 g/mol. The molecule has 1 heteroatoms. The van der Waals surface area contributed by atoms with Crippen LogP contribution in [0.3, 0.4) is 0 Å². The molecule has 1 saturated carbocycles. The topological polar surface area (TPSA) is 12.5 Å². The third-order valence-electron chi connectivity index (χ3n) is 1.75. The van der Waals surface area contributed by atoms with Gasteiger partial charge < -0.3 is 4.74 Å². The Labute approximate surface area is 57.4 Å². The van der Waals surface area contributed by atoms with Crippen molar-refractivity contribution in [1.82, 2.24) is 0 Å². The number of hydrogen-bond donors (Lipinski definition) is 0. The van der Waals surface area contributed by atoms with E-state index in [9.17, 15) is 0 Å². The summed E-state index contributed by atoms with van der Waals surface area (Å²) < 4.78 is 4.71. The first-order valence-electron chi connectivity index (χ1n) is 4.01. The van der Waals surface area contributed by atoms with Crippen molar-refractivity contribution < 1.29 is 4.74 Å². The van der Waals surface area contributed by atoms with Gasteiger partial charge in [0.2, 0.25) is 0 Å². The fourth-order valence-corrected chi connectivity index (χ4v) is 0.980. The van der Waals surface area contributed by atoms with Gasteiger partial charge in [0.1, 0.15) is 0 Å². The van der Waals surface area contributed by atoms with E-state index in [4.69, 9.17) is 4.74 Å². The van der Waals surface area contributed by atoms with E-state index >= 15 is 0 Å². The Morgan fingerprint density at radius 2 is 1.22 bits per heavy atom. The van der Waals surface area contributed by atoms with Crippen molar-refractivity contribution in [3.63, 3.8) is 0 Å². The van der Waals surface area contributed by atoms with Crippen LogP contribution in [0.1, 0.15) is 39.0 Å². The Hall–Kier alpha value is -0.0400. The van der Waals surface area contributed by atoms with Crippen molar-refractivity contribution in [2.24, 2.45) is 0 Å². The molecule has 1 nitrogen and oxygen atoms in total. The fourth-order valence-electron chi connectivity index (χ4n) is 0.980. The van der Waals surface area contributed by atoms with E-state index in [-0.39, 0.29) is 0 Å². The molecular formula is C8H16O. The van der Waals surface area contributed by atoms with Crippen molar-refractivity contribution in [1.29, 1.82) is 0 Å². The molecule has 2 aliphatic rings. The summed E-state index contributed by atoms with van der Waals surface area (Å²) in [5, 5.41) is 0. The highest BCUT2D eigenvalue weighted by molar-refractivity contribution is 4.58. The third-order valence-corrected chi connectivity index (χ3v) is 1.75. The van der Waals surface area contributed by atoms with E-state index in [1.54, 1.807) is 0 Å². The van der Waals surface area contributed by atoms with Gasteiger partial charge in [-0.25, -0.2) is 0 Å². The van der Waals surface area contributed by atoms with Crippen LogP contribution < -0.4 is 0 Å². The average Bonchev–Trinajstić information content (AvgIpc) is 2.52. The van der Waals surface area contributed by atoms with Crippen LogP contribution in [0.4, 0.5) is 0 Å². The zero-order valence-corrected chi connectivity index (χ0v) is 6.23. The first-order chi connectivity index (χ1) is 4.39. The third kappa shape index (κ3) is 4.46. The number of hydrogen-bond acceptors (Lipinski definition) is 1. The van der Waals surface area contributed by atoms with Crippen LogP contribution in [0.5, 0.6) is 0 Å². The lowest BCUT2D eigenvalue weighted by atomic mass is 10.4. The van der Waals surface area contributed by atoms with Gasteiger partial charge >= 0.3 is 0 Å². The predicted octanol–water partition coefficient (Wildman–Crippen LogP) is 2.36. The summed E-state index contributed by atoms with van der Waals surface area (Å²) >= 11 is 0. The van der Waals surface area contributed by atoms with Gasteiger partial charge in [-0.1, -0.05) is 32.1 Å². The van der Waals surface area contributed by atoms with E-state index in [1.165, 1.54) is 32.1 Å². The van der Waals surface area contributed by atoms with Crippen LogP contribution in [0.2, 0.25) is 0 Å². The van der Waals surface area contributed by atoms with Crippen LogP contribution in [0.15, 0.2) is 0 Å². The lowest BCUT2D eigenvalue weighted by Gasteiger charge is -1.67. The van der Waals surface area contributed by atoms with Crippen LogP contribution in [-0.4, -0.2) is 12.7 Å². The smallest absolute Gasteiger partial charge is 0.0781 e. The summed E-state index contributed by atoms with van der Waals surface area (Å²) in [5.41, 5.74) is 0. The van der Waals surface area contributed by atoms with Gasteiger partial charge in [-0.05, 0) is 6.92 Å². The van der Waals surface area contributed by atoms with Crippen molar-refractivity contribution in [2.75, 3.05) is 6.61 Å². The molecule has 1 heterocycles. The van der Waals surface area contributed by atoms with Crippen LogP contribution in [0, 0.1) is 0 Å². The summed E-state index contributed by atoms with van der Waals surface area (Å²) in [6.07, 6.45) is 8.08. The molecule has 0 bridgehead atoms. The van der Waals surface area contributed by atoms with Crippen LogP contribution in [-0.2, 0) is 4.74 Å². The van der Waals surface area contributed by atoms with Crippen molar-refractivity contribution in [2.45, 2.75) is 45.1 Å². The first-order valence-corrected chi connectivity index (χ1v) is 4.01. The second-order valence-electron chi connectivity index (χ2n) is 2.91. The number of ether oxygens (including phenoxy) is 1. The Balaban J connectivity index is 0.0000000922. The summed E-state index contributed by atoms with van der Waals surface area (Å²) in [5.74, 6) is 0. The number of rotatable bonds is 0. The Kier molecular flexibility index (Phi) is 3.05. The molecule has 1 unspecified atom stereocenters. The van der Waals surface area contributed by atoms with Crippen molar-refractivity contribution >= 4 is 0 Å². The molecule has 1 aliphatic heterocycles. The quantitative estimate of drug-likeness (QED) is 0.456. The molecule has 0 spiro atoms. The summed E-state index contributed by atoms with van der Waals surface area (Å²) in [4.78, 5) is 0. The predicted molar refractivity (Wildman–Crippen MR) is 38.5 cm³/mol. The van der Waals surface area contributed by atoms with E-state index in [2.05, 4.69) is 6.92 Å². The SMILES string of the molecule is C1CCCC1.CC1CO1. The van der Waals surface area contributed by atoms with Gasteiger partial charge in [-0.2, -0.15) is 0 Å². The molecule has 0 radical (unpaired) electrons. The van der Waals surface area contributed by atoms with Gasteiger partial charge in [0, 0.05) is 0 Å². The molecule has 2 rings (SSSR count). The molecule has 1 atom stereocenters. The van der Waals surface area contributed by atoms with Crippen molar-refractivity contribution in [3.8, 4) is 0 Å². The molecule has 1 saturated heterocycles. The number of epoxide rings is 1. The maximum atomic E-state index is 4.71. The van der Waals surface area contributed by atoms with E-state index in [0.717, 1.165) is 6.61 Å². The minimum absolute atomic E-state index is 0.583. The van der Waals surface area contributed by atoms with Crippen molar-refractivity contribution in [3.05, 3.63) is 0 Å². The molecule has 2 fully saturated rings. The second kappa shape index (κ2) is 3.89. The lowest BCUT2D eigenvalue weighted by Crippen LogP contribution is -1.60. The Morgan fingerprint density at radius 3 is 1.33 bits per heavy atom. The summed E-state index contributed by atoms with van der Waals surface area (Å²) in [6.45, 7) is 3.04. The van der Waals surface area contributed by atoms with E-state index < -0.39 is 0 Å². The van der Waals surface area contributed by atoms with Gasteiger partial charge in [0.15, 0.2) is 0 Å². The maximum Gasteiger partial charge on any atom is 0.0781 e. The maximum absolute atomic E-state index is 4.71. The Morgan fingerprint density at radius 1 is 1.00 bits per heavy atom. The molecule has 1 aliphatic carbocycles. The van der Waals surface area contributed by atoms with Gasteiger partial charge in [0.05, 0.1) is 12.7 Å².